The first-order valence-electron chi connectivity index (χ1n) is 9.35. The number of carbonyl (C=O) groups excluding carboxylic acids is 1. The number of aliphatic carboxylic acids is 1. The van der Waals surface area contributed by atoms with Gasteiger partial charge in [-0.15, -0.1) is 0 Å². The van der Waals surface area contributed by atoms with Gasteiger partial charge in [-0.2, -0.15) is 11.8 Å². The van der Waals surface area contributed by atoms with Crippen LogP contribution < -0.4 is 5.32 Å². The summed E-state index contributed by atoms with van der Waals surface area (Å²) in [4.78, 5) is 23.0. The third-order valence-corrected chi connectivity index (χ3v) is 6.08. The van der Waals surface area contributed by atoms with Crippen LogP contribution in [0.25, 0.3) is 11.0 Å². The zero-order valence-electron chi connectivity index (χ0n) is 15.2. The molecule has 3 rings (SSSR count). The fourth-order valence-electron chi connectivity index (χ4n) is 3.33. The lowest BCUT2D eigenvalue weighted by atomic mass is 10.0. The summed E-state index contributed by atoms with van der Waals surface area (Å²) < 4.78 is 10.8. The van der Waals surface area contributed by atoms with Gasteiger partial charge in [0.1, 0.15) is 12.2 Å². The molecule has 0 atom stereocenters. The Kier molecular flexibility index (Phi) is 7.18. The van der Waals surface area contributed by atoms with Crippen molar-refractivity contribution in [1.29, 1.82) is 0 Å². The van der Waals surface area contributed by atoms with Crippen LogP contribution in [0.3, 0.4) is 0 Å². The number of hydrogen-bond donors (Lipinski definition) is 2. The second-order valence-electron chi connectivity index (χ2n) is 6.68. The van der Waals surface area contributed by atoms with Gasteiger partial charge in [0.2, 0.25) is 0 Å². The maximum Gasteiger partial charge on any atom is 0.329 e. The number of carbonyl (C=O) groups is 2. The zero-order chi connectivity index (χ0) is 19.1. The van der Waals surface area contributed by atoms with Gasteiger partial charge in [-0.3, -0.25) is 4.79 Å². The Morgan fingerprint density at radius 3 is 2.78 bits per heavy atom. The smallest absolute Gasteiger partial charge is 0.329 e. The van der Waals surface area contributed by atoms with Gasteiger partial charge in [0.15, 0.2) is 5.76 Å². The molecule has 0 radical (unpaired) electrons. The number of carboxylic acids is 1. The maximum absolute atomic E-state index is 12.6. The average Bonchev–Trinajstić information content (AvgIpc) is 3.05. The molecule has 6 nitrogen and oxygen atoms in total. The molecule has 0 bridgehead atoms. The van der Waals surface area contributed by atoms with E-state index in [1.54, 1.807) is 0 Å². The van der Waals surface area contributed by atoms with E-state index in [9.17, 15) is 9.59 Å². The topological polar surface area (TPSA) is 88.8 Å². The highest BCUT2D eigenvalue weighted by atomic mass is 32.2. The number of hydrogen-bond acceptors (Lipinski definition) is 5. The lowest BCUT2D eigenvalue weighted by molar-refractivity contribution is -0.142. The Bertz CT molecular complexity index is 782. The van der Waals surface area contributed by atoms with Crippen LogP contribution in [0.2, 0.25) is 0 Å². The van der Waals surface area contributed by atoms with E-state index in [1.807, 2.05) is 36.0 Å². The van der Waals surface area contributed by atoms with Gasteiger partial charge in [0, 0.05) is 28.5 Å². The van der Waals surface area contributed by atoms with E-state index < -0.39 is 5.97 Å². The highest BCUT2D eigenvalue weighted by molar-refractivity contribution is 7.99. The molecule has 1 fully saturated rings. The minimum absolute atomic E-state index is 0.143. The van der Waals surface area contributed by atoms with Gasteiger partial charge in [0.05, 0.1) is 6.61 Å². The number of ether oxygens (including phenoxy) is 1. The molecule has 2 N–H and O–H groups in total. The first kappa shape index (κ1) is 19.8. The minimum Gasteiger partial charge on any atom is -0.480 e. The number of para-hydroxylation sites is 1. The highest BCUT2D eigenvalue weighted by Gasteiger charge is 2.22. The summed E-state index contributed by atoms with van der Waals surface area (Å²) in [6, 6.07) is 7.71. The molecule has 2 aromatic rings. The van der Waals surface area contributed by atoms with Crippen LogP contribution in [0, 0.1) is 0 Å². The van der Waals surface area contributed by atoms with Gasteiger partial charge in [-0.05, 0) is 18.9 Å². The van der Waals surface area contributed by atoms with Crippen LogP contribution in [0.4, 0.5) is 0 Å². The standard InChI is InChI=1S/C20H25NO5S/c22-18(23)12-25-11-10-21-20(24)19-16(13-27-14-6-2-1-3-7-14)15-8-4-5-9-17(15)26-19/h4-5,8-9,14H,1-3,6-7,10-13H2,(H,21,24)(H,22,23). The van der Waals surface area contributed by atoms with Crippen LogP contribution in [0.1, 0.15) is 48.2 Å². The van der Waals surface area contributed by atoms with Crippen LogP contribution in [-0.2, 0) is 15.3 Å². The van der Waals surface area contributed by atoms with E-state index in [0.29, 0.717) is 16.6 Å². The Morgan fingerprint density at radius 2 is 2.00 bits per heavy atom. The van der Waals surface area contributed by atoms with E-state index in [0.717, 1.165) is 16.7 Å². The van der Waals surface area contributed by atoms with Crippen molar-refractivity contribution in [2.75, 3.05) is 19.8 Å². The molecule has 7 heteroatoms. The molecule has 0 saturated heterocycles. The third-order valence-electron chi connectivity index (χ3n) is 4.68. The summed E-state index contributed by atoms with van der Waals surface area (Å²) in [6.45, 7) is 0.00653. The summed E-state index contributed by atoms with van der Waals surface area (Å²) in [5.41, 5.74) is 1.65. The Labute approximate surface area is 162 Å². The second-order valence-corrected chi connectivity index (χ2v) is 7.97. The largest absolute Gasteiger partial charge is 0.480 e. The quantitative estimate of drug-likeness (QED) is 0.632. The third kappa shape index (κ3) is 5.49. The van der Waals surface area contributed by atoms with E-state index in [-0.39, 0.29) is 25.7 Å². The number of benzene rings is 1. The zero-order valence-corrected chi connectivity index (χ0v) is 16.1. The van der Waals surface area contributed by atoms with E-state index in [1.165, 1.54) is 32.1 Å². The van der Waals surface area contributed by atoms with Crippen LogP contribution >= 0.6 is 11.8 Å². The summed E-state index contributed by atoms with van der Waals surface area (Å²) in [7, 11) is 0. The Morgan fingerprint density at radius 1 is 1.22 bits per heavy atom. The number of amides is 1. The number of thioether (sulfide) groups is 1. The number of furan rings is 1. The molecule has 146 valence electrons. The molecule has 1 aliphatic carbocycles. The monoisotopic (exact) mass is 391 g/mol. The molecular formula is C20H25NO5S. The van der Waals surface area contributed by atoms with Crippen molar-refractivity contribution in [2.24, 2.45) is 0 Å². The Hall–Kier alpha value is -1.99. The summed E-state index contributed by atoms with van der Waals surface area (Å²) in [5, 5.41) is 12.9. The van der Waals surface area contributed by atoms with Crippen LogP contribution in [0.15, 0.2) is 28.7 Å². The predicted molar refractivity (Wildman–Crippen MR) is 105 cm³/mol. The molecule has 0 unspecified atom stereocenters. The minimum atomic E-state index is -1.03. The van der Waals surface area contributed by atoms with E-state index in [4.69, 9.17) is 14.3 Å². The summed E-state index contributed by atoms with van der Waals surface area (Å²) in [5.74, 6) is -0.220. The average molecular weight is 391 g/mol. The van der Waals surface area contributed by atoms with Crippen molar-refractivity contribution >= 4 is 34.6 Å². The van der Waals surface area contributed by atoms with Gasteiger partial charge in [-0.25, -0.2) is 4.79 Å². The fourth-order valence-corrected chi connectivity index (χ4v) is 4.69. The maximum atomic E-state index is 12.6. The van der Waals surface area contributed by atoms with Crippen LogP contribution in [0.5, 0.6) is 0 Å². The first-order chi connectivity index (χ1) is 13.1. The van der Waals surface area contributed by atoms with Crippen molar-refractivity contribution in [3.8, 4) is 0 Å². The normalized spacial score (nSPS) is 15.1. The lowest BCUT2D eigenvalue weighted by Crippen LogP contribution is -2.28. The molecule has 1 aromatic heterocycles. The summed E-state index contributed by atoms with van der Waals surface area (Å²) >= 11 is 1.91. The number of fused-ring (bicyclic) bond motifs is 1. The van der Waals surface area contributed by atoms with Crippen molar-refractivity contribution < 1.29 is 23.8 Å². The fraction of sp³-hybridized carbons (Fsp3) is 0.500. The lowest BCUT2D eigenvalue weighted by Gasteiger charge is -2.20. The molecule has 0 spiro atoms. The molecular weight excluding hydrogens is 366 g/mol. The SMILES string of the molecule is O=C(O)COCCNC(=O)c1oc2ccccc2c1CSC1CCCCC1. The Balaban J connectivity index is 1.65. The van der Waals surface area contributed by atoms with Crippen molar-refractivity contribution in [2.45, 2.75) is 43.1 Å². The molecule has 1 aliphatic rings. The molecule has 1 aromatic carbocycles. The van der Waals surface area contributed by atoms with Crippen LogP contribution in [-0.4, -0.2) is 42.0 Å². The molecule has 0 aliphatic heterocycles. The summed E-state index contributed by atoms with van der Waals surface area (Å²) in [6.07, 6.45) is 6.37. The van der Waals surface area contributed by atoms with E-state index in [2.05, 4.69) is 5.32 Å². The van der Waals surface area contributed by atoms with Gasteiger partial charge in [-0.1, -0.05) is 37.5 Å². The molecule has 1 heterocycles. The van der Waals surface area contributed by atoms with Crippen molar-refractivity contribution in [1.82, 2.24) is 5.32 Å². The van der Waals surface area contributed by atoms with E-state index >= 15 is 0 Å². The number of rotatable bonds is 9. The number of carboxylic acid groups (broad SMARTS) is 1. The molecule has 27 heavy (non-hydrogen) atoms. The first-order valence-corrected chi connectivity index (χ1v) is 10.4. The van der Waals surface area contributed by atoms with Gasteiger partial charge in [0.25, 0.3) is 5.91 Å². The molecule has 1 amide bonds. The van der Waals surface area contributed by atoms with Crippen molar-refractivity contribution in [3.05, 3.63) is 35.6 Å². The van der Waals surface area contributed by atoms with Crippen molar-refractivity contribution in [3.63, 3.8) is 0 Å². The molecule has 1 saturated carbocycles. The highest BCUT2D eigenvalue weighted by Crippen LogP contribution is 2.34. The number of nitrogens with one attached hydrogen (secondary N) is 1. The van der Waals surface area contributed by atoms with Gasteiger partial charge < -0.3 is 19.6 Å². The second kappa shape index (κ2) is 9.80. The predicted octanol–water partition coefficient (Wildman–Crippen LogP) is 3.83. The van der Waals surface area contributed by atoms with Gasteiger partial charge >= 0.3 is 5.97 Å².